The molecule has 0 bridgehead atoms. The summed E-state index contributed by atoms with van der Waals surface area (Å²) in [5, 5.41) is 20.1. The molecule has 9 heavy (non-hydrogen) atoms. The summed E-state index contributed by atoms with van der Waals surface area (Å²) in [4.78, 5) is 3.81. The van der Waals surface area contributed by atoms with Crippen molar-refractivity contribution in [3.05, 3.63) is 16.3 Å². The van der Waals surface area contributed by atoms with Gasteiger partial charge in [0.2, 0.25) is 0 Å². The minimum atomic E-state index is 0.0509. The van der Waals surface area contributed by atoms with Crippen LogP contribution in [0, 0.1) is 0 Å². The molecule has 0 aliphatic carbocycles. The Hall–Kier alpha value is -0.580. The number of hydrogen-bond acceptors (Lipinski definition) is 4. The molecule has 0 amide bonds. The fourth-order valence-electron chi connectivity index (χ4n) is 0.494. The fourth-order valence-corrected chi connectivity index (χ4v) is 1.20. The first-order valence-electron chi connectivity index (χ1n) is 2.35. The molecule has 1 aromatic rings. The summed E-state index contributed by atoms with van der Waals surface area (Å²) in [6.45, 7) is 0.0509. The standard InChI is InChI=1S/C5H6O3S/c6-5-3-9-2-4(5)1-8-7/h2-3,6-7H,1H2. The Kier molecular flexibility index (Phi) is 2.05. The van der Waals surface area contributed by atoms with Crippen LogP contribution in [0.4, 0.5) is 0 Å². The molecule has 0 saturated carbocycles. The van der Waals surface area contributed by atoms with E-state index in [1.54, 1.807) is 10.8 Å². The van der Waals surface area contributed by atoms with E-state index >= 15 is 0 Å². The summed E-state index contributed by atoms with van der Waals surface area (Å²) in [5.74, 6) is 0.175. The Morgan fingerprint density at radius 1 is 1.56 bits per heavy atom. The Bertz CT molecular complexity index is 184. The molecule has 1 heterocycles. The molecular weight excluding hydrogens is 140 g/mol. The number of thiophene rings is 1. The molecule has 1 rings (SSSR count). The van der Waals surface area contributed by atoms with Gasteiger partial charge in [0.05, 0.1) is 0 Å². The first-order chi connectivity index (χ1) is 4.34. The second kappa shape index (κ2) is 2.82. The van der Waals surface area contributed by atoms with Crippen molar-refractivity contribution in [3.8, 4) is 5.75 Å². The Morgan fingerprint density at radius 2 is 2.33 bits per heavy atom. The third-order valence-electron chi connectivity index (χ3n) is 0.939. The summed E-state index contributed by atoms with van der Waals surface area (Å²) in [5.41, 5.74) is 0.613. The van der Waals surface area contributed by atoms with Crippen molar-refractivity contribution in [1.29, 1.82) is 0 Å². The molecule has 0 aliphatic rings. The largest absolute Gasteiger partial charge is 0.507 e. The summed E-state index contributed by atoms with van der Waals surface area (Å²) >= 11 is 1.37. The lowest BCUT2D eigenvalue weighted by atomic mass is 10.3. The number of aromatic hydroxyl groups is 1. The topological polar surface area (TPSA) is 49.7 Å². The minimum absolute atomic E-state index is 0.0509. The van der Waals surface area contributed by atoms with Gasteiger partial charge < -0.3 is 5.11 Å². The molecule has 3 nitrogen and oxygen atoms in total. The second-order valence-electron chi connectivity index (χ2n) is 1.56. The quantitative estimate of drug-likeness (QED) is 0.490. The molecule has 1 aromatic heterocycles. The molecule has 0 fully saturated rings. The van der Waals surface area contributed by atoms with Crippen molar-refractivity contribution >= 4 is 11.3 Å². The Balaban J connectivity index is 2.69. The van der Waals surface area contributed by atoms with Gasteiger partial charge in [-0.25, -0.2) is 4.89 Å². The van der Waals surface area contributed by atoms with Gasteiger partial charge in [0.1, 0.15) is 12.4 Å². The fraction of sp³-hybridized carbons (Fsp3) is 0.200. The van der Waals surface area contributed by atoms with Crippen molar-refractivity contribution in [2.24, 2.45) is 0 Å². The maximum atomic E-state index is 8.90. The lowest BCUT2D eigenvalue weighted by Crippen LogP contribution is -1.83. The van der Waals surface area contributed by atoms with Gasteiger partial charge >= 0.3 is 0 Å². The Morgan fingerprint density at radius 3 is 2.78 bits per heavy atom. The molecule has 50 valence electrons. The maximum Gasteiger partial charge on any atom is 0.131 e. The van der Waals surface area contributed by atoms with Crippen molar-refractivity contribution < 1.29 is 15.3 Å². The molecule has 0 saturated heterocycles. The third-order valence-corrected chi connectivity index (χ3v) is 1.72. The molecule has 0 atom stereocenters. The maximum absolute atomic E-state index is 8.90. The second-order valence-corrected chi connectivity index (χ2v) is 2.30. The van der Waals surface area contributed by atoms with E-state index in [1.165, 1.54) is 11.3 Å². The van der Waals surface area contributed by atoms with Crippen LogP contribution in [0.2, 0.25) is 0 Å². The summed E-state index contributed by atoms with van der Waals surface area (Å²) in [7, 11) is 0. The van der Waals surface area contributed by atoms with Crippen molar-refractivity contribution in [2.75, 3.05) is 0 Å². The van der Waals surface area contributed by atoms with Crippen molar-refractivity contribution in [2.45, 2.75) is 6.61 Å². The highest BCUT2D eigenvalue weighted by molar-refractivity contribution is 7.08. The van der Waals surface area contributed by atoms with Crippen LogP contribution in [-0.4, -0.2) is 10.4 Å². The van der Waals surface area contributed by atoms with Gasteiger partial charge in [-0.3, -0.25) is 5.26 Å². The van der Waals surface area contributed by atoms with Crippen LogP contribution in [0.25, 0.3) is 0 Å². The molecular formula is C5H6O3S. The van der Waals surface area contributed by atoms with Crippen molar-refractivity contribution in [3.63, 3.8) is 0 Å². The molecule has 0 radical (unpaired) electrons. The van der Waals surface area contributed by atoms with E-state index in [4.69, 9.17) is 10.4 Å². The van der Waals surface area contributed by atoms with Crippen LogP contribution in [0.5, 0.6) is 5.75 Å². The SMILES string of the molecule is OOCc1cscc1O. The van der Waals surface area contributed by atoms with Crippen LogP contribution in [-0.2, 0) is 11.5 Å². The monoisotopic (exact) mass is 146 g/mol. The normalized spacial score (nSPS) is 9.89. The molecule has 0 aromatic carbocycles. The first kappa shape index (κ1) is 6.54. The zero-order valence-corrected chi connectivity index (χ0v) is 5.39. The van der Waals surface area contributed by atoms with E-state index in [1.807, 2.05) is 0 Å². The van der Waals surface area contributed by atoms with E-state index in [2.05, 4.69) is 4.89 Å². The summed E-state index contributed by atoms with van der Waals surface area (Å²) in [6.07, 6.45) is 0. The van der Waals surface area contributed by atoms with Gasteiger partial charge in [0, 0.05) is 16.3 Å². The highest BCUT2D eigenvalue weighted by Crippen LogP contribution is 2.21. The van der Waals surface area contributed by atoms with E-state index in [-0.39, 0.29) is 12.4 Å². The predicted octanol–water partition coefficient (Wildman–Crippen LogP) is 1.44. The van der Waals surface area contributed by atoms with Crippen LogP contribution >= 0.6 is 11.3 Å². The van der Waals surface area contributed by atoms with E-state index < -0.39 is 0 Å². The van der Waals surface area contributed by atoms with Crippen LogP contribution < -0.4 is 0 Å². The van der Waals surface area contributed by atoms with Crippen LogP contribution in [0.1, 0.15) is 5.56 Å². The van der Waals surface area contributed by atoms with Gasteiger partial charge in [-0.05, 0) is 0 Å². The van der Waals surface area contributed by atoms with E-state index in [9.17, 15) is 0 Å². The lowest BCUT2D eigenvalue weighted by Gasteiger charge is -1.91. The predicted molar refractivity (Wildman–Crippen MR) is 33.4 cm³/mol. The molecule has 0 unspecified atom stereocenters. The average Bonchev–Trinajstić information content (AvgIpc) is 2.18. The number of hydrogen-bond donors (Lipinski definition) is 2. The van der Waals surface area contributed by atoms with E-state index in [0.717, 1.165) is 0 Å². The van der Waals surface area contributed by atoms with Crippen molar-refractivity contribution in [1.82, 2.24) is 0 Å². The van der Waals surface area contributed by atoms with Gasteiger partial charge in [0.15, 0.2) is 0 Å². The van der Waals surface area contributed by atoms with Gasteiger partial charge in [0.25, 0.3) is 0 Å². The Labute approximate surface area is 56.1 Å². The highest BCUT2D eigenvalue weighted by Gasteiger charge is 1.99. The van der Waals surface area contributed by atoms with E-state index in [0.29, 0.717) is 5.56 Å². The number of rotatable bonds is 2. The van der Waals surface area contributed by atoms with Gasteiger partial charge in [-0.2, -0.15) is 0 Å². The molecule has 0 spiro atoms. The van der Waals surface area contributed by atoms with Gasteiger partial charge in [-0.1, -0.05) is 0 Å². The third kappa shape index (κ3) is 1.41. The molecule has 4 heteroatoms. The van der Waals surface area contributed by atoms with Crippen LogP contribution in [0.3, 0.4) is 0 Å². The zero-order valence-electron chi connectivity index (χ0n) is 4.57. The zero-order chi connectivity index (χ0) is 6.69. The summed E-state index contributed by atoms with van der Waals surface area (Å²) in [6, 6.07) is 0. The lowest BCUT2D eigenvalue weighted by molar-refractivity contribution is -0.253. The first-order valence-corrected chi connectivity index (χ1v) is 3.29. The molecule has 2 N–H and O–H groups in total. The smallest absolute Gasteiger partial charge is 0.131 e. The minimum Gasteiger partial charge on any atom is -0.507 e. The van der Waals surface area contributed by atoms with Gasteiger partial charge in [-0.15, -0.1) is 11.3 Å². The highest BCUT2D eigenvalue weighted by atomic mass is 32.1. The van der Waals surface area contributed by atoms with Crippen LogP contribution in [0.15, 0.2) is 10.8 Å². The molecule has 0 aliphatic heterocycles. The average molecular weight is 146 g/mol. The summed E-state index contributed by atoms with van der Waals surface area (Å²) < 4.78 is 0.